The molecular weight excluding hydrogens is 316 g/mol. The summed E-state index contributed by atoms with van der Waals surface area (Å²) in [5.41, 5.74) is 3.45. The number of carboxylic acid groups (broad SMARTS) is 1. The van der Waals surface area contributed by atoms with Crippen molar-refractivity contribution in [2.24, 2.45) is 0 Å². The molecule has 130 valence electrons. The molecule has 0 aromatic heterocycles. The van der Waals surface area contributed by atoms with E-state index in [9.17, 15) is 4.79 Å². The monoisotopic (exact) mass is 338 g/mol. The van der Waals surface area contributed by atoms with Crippen molar-refractivity contribution in [3.8, 4) is 5.75 Å². The lowest BCUT2D eigenvalue weighted by Gasteiger charge is -2.35. The highest BCUT2D eigenvalue weighted by molar-refractivity contribution is 5.88. The van der Waals surface area contributed by atoms with Gasteiger partial charge in [0.2, 0.25) is 0 Å². The molecule has 0 spiro atoms. The SMILES string of the molecule is COC[C@@]1(C)CCOc2ccc(/C=C/c3ccc(C(=O)O)cc3)cc21. The van der Waals surface area contributed by atoms with Crippen molar-refractivity contribution in [3.63, 3.8) is 0 Å². The van der Waals surface area contributed by atoms with Gasteiger partial charge in [-0.2, -0.15) is 0 Å². The summed E-state index contributed by atoms with van der Waals surface area (Å²) in [5.74, 6) is 0.0106. The fourth-order valence-corrected chi connectivity index (χ4v) is 3.17. The van der Waals surface area contributed by atoms with Crippen LogP contribution in [0, 0.1) is 0 Å². The molecule has 0 bridgehead atoms. The standard InChI is InChI=1S/C21H22O4/c1-21(14-24-2)11-12-25-19-10-7-16(13-18(19)21)4-3-15-5-8-17(9-6-15)20(22)23/h3-10,13H,11-12,14H2,1-2H3,(H,22,23)/b4-3+/t21-/m1/s1. The number of fused-ring (bicyclic) bond motifs is 1. The molecule has 2 aromatic rings. The van der Waals surface area contributed by atoms with Crippen LogP contribution in [0.15, 0.2) is 42.5 Å². The molecule has 4 nitrogen and oxygen atoms in total. The minimum Gasteiger partial charge on any atom is -0.493 e. The topological polar surface area (TPSA) is 55.8 Å². The van der Waals surface area contributed by atoms with Crippen LogP contribution in [0.4, 0.5) is 0 Å². The summed E-state index contributed by atoms with van der Waals surface area (Å²) in [4.78, 5) is 10.9. The van der Waals surface area contributed by atoms with E-state index in [2.05, 4.69) is 13.0 Å². The van der Waals surface area contributed by atoms with Crippen molar-refractivity contribution in [1.29, 1.82) is 0 Å². The Kier molecular flexibility index (Phi) is 4.91. The van der Waals surface area contributed by atoms with Gasteiger partial charge in [0.1, 0.15) is 5.75 Å². The highest BCUT2D eigenvalue weighted by Gasteiger charge is 2.33. The van der Waals surface area contributed by atoms with E-state index in [1.165, 1.54) is 5.56 Å². The molecule has 0 saturated carbocycles. The number of carbonyl (C=O) groups is 1. The van der Waals surface area contributed by atoms with E-state index < -0.39 is 5.97 Å². The summed E-state index contributed by atoms with van der Waals surface area (Å²) in [5, 5.41) is 8.95. The second kappa shape index (κ2) is 7.11. The van der Waals surface area contributed by atoms with Crippen LogP contribution in [0.5, 0.6) is 5.75 Å². The second-order valence-electron chi connectivity index (χ2n) is 6.61. The molecular formula is C21H22O4. The first kappa shape index (κ1) is 17.2. The zero-order chi connectivity index (χ0) is 17.9. The summed E-state index contributed by atoms with van der Waals surface area (Å²) in [6.45, 7) is 3.57. The van der Waals surface area contributed by atoms with Gasteiger partial charge in [-0.15, -0.1) is 0 Å². The molecule has 0 radical (unpaired) electrons. The van der Waals surface area contributed by atoms with Crippen LogP contribution in [-0.4, -0.2) is 31.4 Å². The van der Waals surface area contributed by atoms with Crippen molar-refractivity contribution in [3.05, 3.63) is 64.7 Å². The number of rotatable bonds is 5. The van der Waals surface area contributed by atoms with E-state index in [-0.39, 0.29) is 5.41 Å². The number of hydrogen-bond acceptors (Lipinski definition) is 3. The van der Waals surface area contributed by atoms with Gasteiger partial charge in [0.05, 0.1) is 18.8 Å². The minimum absolute atomic E-state index is 0.0463. The van der Waals surface area contributed by atoms with E-state index in [1.807, 2.05) is 24.3 Å². The van der Waals surface area contributed by atoms with Gasteiger partial charge in [-0.05, 0) is 41.8 Å². The Morgan fingerprint density at radius 3 is 2.56 bits per heavy atom. The molecule has 3 rings (SSSR count). The van der Waals surface area contributed by atoms with Gasteiger partial charge in [-0.25, -0.2) is 4.79 Å². The van der Waals surface area contributed by atoms with Crippen LogP contribution in [0.2, 0.25) is 0 Å². The first-order valence-electron chi connectivity index (χ1n) is 8.29. The molecule has 25 heavy (non-hydrogen) atoms. The van der Waals surface area contributed by atoms with Gasteiger partial charge in [-0.3, -0.25) is 0 Å². The summed E-state index contributed by atoms with van der Waals surface area (Å²) in [7, 11) is 1.73. The van der Waals surface area contributed by atoms with E-state index in [0.717, 1.165) is 23.3 Å². The number of benzene rings is 2. The predicted molar refractivity (Wildman–Crippen MR) is 98.1 cm³/mol. The smallest absolute Gasteiger partial charge is 0.335 e. The van der Waals surface area contributed by atoms with Crippen LogP contribution >= 0.6 is 0 Å². The van der Waals surface area contributed by atoms with Crippen molar-refractivity contribution in [2.45, 2.75) is 18.8 Å². The van der Waals surface area contributed by atoms with Crippen LogP contribution in [0.1, 0.15) is 40.4 Å². The highest BCUT2D eigenvalue weighted by Crippen LogP contribution is 2.39. The lowest BCUT2D eigenvalue weighted by molar-refractivity contribution is 0.0697. The zero-order valence-corrected chi connectivity index (χ0v) is 14.5. The Bertz CT molecular complexity index is 792. The molecule has 4 heteroatoms. The van der Waals surface area contributed by atoms with Gasteiger partial charge in [0.25, 0.3) is 0 Å². The Morgan fingerprint density at radius 2 is 1.88 bits per heavy atom. The lowest BCUT2D eigenvalue weighted by atomic mass is 9.78. The predicted octanol–water partition coefficient (Wildman–Crippen LogP) is 4.24. The van der Waals surface area contributed by atoms with Crippen LogP contribution < -0.4 is 4.74 Å². The number of hydrogen-bond donors (Lipinski definition) is 1. The van der Waals surface area contributed by atoms with Crippen molar-refractivity contribution < 1.29 is 19.4 Å². The lowest BCUT2D eigenvalue weighted by Crippen LogP contribution is -2.34. The van der Waals surface area contributed by atoms with Crippen molar-refractivity contribution >= 4 is 18.1 Å². The molecule has 1 heterocycles. The molecule has 0 fully saturated rings. The fraction of sp³-hybridized carbons (Fsp3) is 0.286. The molecule has 0 saturated heterocycles. The van der Waals surface area contributed by atoms with Gasteiger partial charge >= 0.3 is 5.97 Å². The number of methoxy groups -OCH3 is 1. The maximum absolute atomic E-state index is 10.9. The number of aromatic carboxylic acids is 1. The Labute approximate surface area is 147 Å². The summed E-state index contributed by atoms with van der Waals surface area (Å²) in [6, 6.07) is 13.0. The molecule has 1 aliphatic rings. The van der Waals surface area contributed by atoms with E-state index in [1.54, 1.807) is 31.4 Å². The average molecular weight is 338 g/mol. The first-order valence-corrected chi connectivity index (χ1v) is 8.29. The molecule has 2 aromatic carbocycles. The third-order valence-corrected chi connectivity index (χ3v) is 4.65. The average Bonchev–Trinajstić information content (AvgIpc) is 2.61. The fourth-order valence-electron chi connectivity index (χ4n) is 3.17. The normalized spacial score (nSPS) is 19.4. The first-order chi connectivity index (χ1) is 12.0. The van der Waals surface area contributed by atoms with Crippen LogP contribution in [0.25, 0.3) is 12.2 Å². The maximum Gasteiger partial charge on any atom is 0.335 e. The Morgan fingerprint density at radius 1 is 1.20 bits per heavy atom. The van der Waals surface area contributed by atoms with E-state index in [0.29, 0.717) is 18.8 Å². The van der Waals surface area contributed by atoms with Crippen molar-refractivity contribution in [1.82, 2.24) is 0 Å². The Balaban J connectivity index is 1.85. The van der Waals surface area contributed by atoms with Gasteiger partial charge in [0, 0.05) is 18.1 Å². The maximum atomic E-state index is 10.9. The number of ether oxygens (including phenoxy) is 2. The third kappa shape index (κ3) is 3.74. The van der Waals surface area contributed by atoms with Crippen LogP contribution in [-0.2, 0) is 10.2 Å². The minimum atomic E-state index is -0.914. The van der Waals surface area contributed by atoms with Gasteiger partial charge in [-0.1, -0.05) is 37.3 Å². The third-order valence-electron chi connectivity index (χ3n) is 4.65. The summed E-state index contributed by atoms with van der Waals surface area (Å²) >= 11 is 0. The molecule has 1 atom stereocenters. The van der Waals surface area contributed by atoms with E-state index in [4.69, 9.17) is 14.6 Å². The Hall–Kier alpha value is -2.59. The highest BCUT2D eigenvalue weighted by atomic mass is 16.5. The summed E-state index contributed by atoms with van der Waals surface area (Å²) < 4.78 is 11.2. The largest absolute Gasteiger partial charge is 0.493 e. The quantitative estimate of drug-likeness (QED) is 0.829. The molecule has 0 aliphatic carbocycles. The zero-order valence-electron chi connectivity index (χ0n) is 14.5. The molecule has 1 aliphatic heterocycles. The molecule has 0 unspecified atom stereocenters. The second-order valence-corrected chi connectivity index (χ2v) is 6.61. The number of carboxylic acids is 1. The summed E-state index contributed by atoms with van der Waals surface area (Å²) in [6.07, 6.45) is 4.93. The van der Waals surface area contributed by atoms with Crippen molar-refractivity contribution in [2.75, 3.05) is 20.3 Å². The molecule has 1 N–H and O–H groups in total. The van der Waals surface area contributed by atoms with Crippen LogP contribution in [0.3, 0.4) is 0 Å². The van der Waals surface area contributed by atoms with Gasteiger partial charge < -0.3 is 14.6 Å². The van der Waals surface area contributed by atoms with Gasteiger partial charge in [0.15, 0.2) is 0 Å². The van der Waals surface area contributed by atoms with E-state index >= 15 is 0 Å². The molecule has 0 amide bonds.